The Morgan fingerprint density at radius 2 is 0.804 bits per heavy atom. The van der Waals surface area contributed by atoms with Crippen LogP contribution >= 0.6 is 0 Å². The highest BCUT2D eigenvalue weighted by Crippen LogP contribution is 2.39. The van der Waals surface area contributed by atoms with Gasteiger partial charge in [-0.3, -0.25) is 0 Å². The van der Waals surface area contributed by atoms with E-state index in [4.69, 9.17) is 28.2 Å². The second kappa shape index (κ2) is 10.7. The maximum absolute atomic E-state index is 6.38. The van der Waals surface area contributed by atoms with Crippen molar-refractivity contribution in [2.24, 2.45) is 0 Å². The van der Waals surface area contributed by atoms with Crippen LogP contribution in [0.3, 0.4) is 0 Å². The molecule has 0 aliphatic carbocycles. The molecule has 0 N–H and O–H groups in total. The fraction of sp³-hybridized carbons (Fsp3) is 0. The van der Waals surface area contributed by atoms with Gasteiger partial charge in [-0.1, -0.05) is 97.1 Å². The van der Waals surface area contributed by atoms with Gasteiger partial charge in [0.2, 0.25) is 0 Å². The lowest BCUT2D eigenvalue weighted by molar-refractivity contribution is 0.668. The molecule has 11 rings (SSSR count). The number of hydrogen-bond donors (Lipinski definition) is 0. The van der Waals surface area contributed by atoms with E-state index >= 15 is 0 Å². The number of rotatable bonds is 4. The highest BCUT2D eigenvalue weighted by atomic mass is 16.3. The van der Waals surface area contributed by atoms with Crippen LogP contribution in [-0.4, -0.2) is 15.0 Å². The van der Waals surface area contributed by atoms with Gasteiger partial charge in [-0.05, 0) is 60.2 Å². The van der Waals surface area contributed by atoms with Crippen molar-refractivity contribution in [3.8, 4) is 45.3 Å². The number of furan rings is 3. The molecule has 0 aliphatic rings. The highest BCUT2D eigenvalue weighted by molar-refractivity contribution is 6.12. The molecule has 0 spiro atoms. The van der Waals surface area contributed by atoms with E-state index in [1.165, 1.54) is 0 Å². The van der Waals surface area contributed by atoms with Gasteiger partial charge in [-0.15, -0.1) is 0 Å². The molecule has 11 aromatic rings. The van der Waals surface area contributed by atoms with Gasteiger partial charge in [0.05, 0.1) is 0 Å². The predicted molar refractivity (Wildman–Crippen MR) is 203 cm³/mol. The molecule has 6 heteroatoms. The van der Waals surface area contributed by atoms with E-state index in [0.717, 1.165) is 93.6 Å². The third-order valence-corrected chi connectivity index (χ3v) is 9.75. The lowest BCUT2D eigenvalue weighted by Crippen LogP contribution is -2.00. The van der Waals surface area contributed by atoms with Gasteiger partial charge in [0.1, 0.15) is 33.5 Å². The van der Waals surface area contributed by atoms with Crippen LogP contribution in [0.2, 0.25) is 0 Å². The van der Waals surface area contributed by atoms with Crippen molar-refractivity contribution in [3.05, 3.63) is 152 Å². The minimum absolute atomic E-state index is 0.569. The standard InChI is InChI=1S/C45H25N3O3/c1-2-9-26(10-3-1)43-46-44(48-45(47-43)29-17-20-33-31-11-4-6-15-37(31)50-41(33)25-29)28-19-22-40-36(24-28)35-23-27(18-21-39(35)49-40)30-13-8-14-34-32-12-5-7-16-38(32)51-42(30)34/h1-25H. The molecule has 0 radical (unpaired) electrons. The molecule has 0 bridgehead atoms. The van der Waals surface area contributed by atoms with Crippen LogP contribution in [0.1, 0.15) is 0 Å². The second-order valence-electron chi connectivity index (χ2n) is 12.8. The molecule has 0 fully saturated rings. The molecule has 51 heavy (non-hydrogen) atoms. The average molecular weight is 656 g/mol. The number of nitrogens with zero attached hydrogens (tertiary/aromatic N) is 3. The van der Waals surface area contributed by atoms with E-state index in [9.17, 15) is 0 Å². The number of hydrogen-bond acceptors (Lipinski definition) is 6. The Morgan fingerprint density at radius 3 is 1.57 bits per heavy atom. The molecule has 238 valence electrons. The molecule has 0 aliphatic heterocycles. The topological polar surface area (TPSA) is 78.1 Å². The van der Waals surface area contributed by atoms with Gasteiger partial charge >= 0.3 is 0 Å². The summed E-state index contributed by atoms with van der Waals surface area (Å²) in [5.41, 5.74) is 9.70. The normalized spacial score (nSPS) is 11.9. The van der Waals surface area contributed by atoms with Crippen molar-refractivity contribution >= 4 is 65.8 Å². The van der Waals surface area contributed by atoms with Gasteiger partial charge in [0.25, 0.3) is 0 Å². The molecular weight excluding hydrogens is 631 g/mol. The molecule has 0 amide bonds. The Morgan fingerprint density at radius 1 is 0.294 bits per heavy atom. The summed E-state index contributed by atoms with van der Waals surface area (Å²) in [6.07, 6.45) is 0. The summed E-state index contributed by atoms with van der Waals surface area (Å²) in [6, 6.07) is 51.1. The van der Waals surface area contributed by atoms with E-state index in [1.54, 1.807) is 0 Å². The zero-order valence-electron chi connectivity index (χ0n) is 27.0. The molecule has 4 aromatic heterocycles. The number of fused-ring (bicyclic) bond motifs is 9. The maximum Gasteiger partial charge on any atom is 0.164 e. The van der Waals surface area contributed by atoms with Crippen LogP contribution < -0.4 is 0 Å². The molecule has 6 nitrogen and oxygen atoms in total. The molecule has 0 unspecified atom stereocenters. The molecule has 7 aromatic carbocycles. The van der Waals surface area contributed by atoms with Crippen LogP contribution in [0.4, 0.5) is 0 Å². The van der Waals surface area contributed by atoms with E-state index in [2.05, 4.69) is 60.7 Å². The van der Waals surface area contributed by atoms with Gasteiger partial charge in [-0.25, -0.2) is 15.0 Å². The Kier molecular flexibility index (Phi) is 5.86. The third kappa shape index (κ3) is 4.40. The summed E-state index contributed by atoms with van der Waals surface area (Å²) in [6.45, 7) is 0. The predicted octanol–water partition coefficient (Wildman–Crippen LogP) is 12.2. The van der Waals surface area contributed by atoms with Crippen molar-refractivity contribution in [2.75, 3.05) is 0 Å². The van der Waals surface area contributed by atoms with Crippen LogP contribution in [0.15, 0.2) is 165 Å². The summed E-state index contributed by atoms with van der Waals surface area (Å²) < 4.78 is 18.9. The molecule has 0 saturated heterocycles. The first kappa shape index (κ1) is 27.9. The van der Waals surface area contributed by atoms with Gasteiger partial charge < -0.3 is 13.3 Å². The summed E-state index contributed by atoms with van der Waals surface area (Å²) in [4.78, 5) is 15.0. The fourth-order valence-corrected chi connectivity index (χ4v) is 7.27. The zero-order chi connectivity index (χ0) is 33.5. The second-order valence-corrected chi connectivity index (χ2v) is 12.8. The fourth-order valence-electron chi connectivity index (χ4n) is 7.27. The molecule has 4 heterocycles. The Balaban J connectivity index is 1.07. The third-order valence-electron chi connectivity index (χ3n) is 9.75. The Hall–Kier alpha value is -7.05. The Bertz CT molecular complexity index is 3150. The van der Waals surface area contributed by atoms with Crippen molar-refractivity contribution in [2.45, 2.75) is 0 Å². The minimum Gasteiger partial charge on any atom is -0.456 e. The average Bonchev–Trinajstić information content (AvgIpc) is 3.88. The van der Waals surface area contributed by atoms with Crippen molar-refractivity contribution in [3.63, 3.8) is 0 Å². The highest BCUT2D eigenvalue weighted by Gasteiger charge is 2.18. The van der Waals surface area contributed by atoms with Gasteiger partial charge in [-0.2, -0.15) is 0 Å². The van der Waals surface area contributed by atoms with E-state index < -0.39 is 0 Å². The van der Waals surface area contributed by atoms with Gasteiger partial charge in [0, 0.05) is 54.6 Å². The number of para-hydroxylation sites is 3. The van der Waals surface area contributed by atoms with Gasteiger partial charge in [0.15, 0.2) is 17.5 Å². The number of benzene rings is 7. The van der Waals surface area contributed by atoms with Crippen molar-refractivity contribution in [1.82, 2.24) is 15.0 Å². The monoisotopic (exact) mass is 655 g/mol. The quantitative estimate of drug-likeness (QED) is 0.188. The van der Waals surface area contributed by atoms with E-state index in [-0.39, 0.29) is 0 Å². The summed E-state index contributed by atoms with van der Waals surface area (Å²) in [5, 5.41) is 6.33. The Labute approximate surface area is 290 Å². The largest absolute Gasteiger partial charge is 0.456 e. The zero-order valence-corrected chi connectivity index (χ0v) is 27.0. The van der Waals surface area contributed by atoms with E-state index in [1.807, 2.05) is 91.0 Å². The van der Waals surface area contributed by atoms with Crippen LogP contribution in [0.5, 0.6) is 0 Å². The lowest BCUT2D eigenvalue weighted by atomic mass is 10.00. The van der Waals surface area contributed by atoms with Crippen molar-refractivity contribution in [1.29, 1.82) is 0 Å². The smallest absolute Gasteiger partial charge is 0.164 e. The first-order valence-corrected chi connectivity index (χ1v) is 16.8. The SMILES string of the molecule is c1ccc(-c2nc(-c3ccc4c(c3)oc3ccccc34)nc(-c3ccc4oc5ccc(-c6cccc7c6oc6ccccc67)cc5c4c3)n2)cc1. The maximum atomic E-state index is 6.38. The summed E-state index contributed by atoms with van der Waals surface area (Å²) in [5.74, 6) is 1.74. The van der Waals surface area contributed by atoms with E-state index in [0.29, 0.717) is 17.5 Å². The minimum atomic E-state index is 0.569. The molecule has 0 atom stereocenters. The molecular formula is C45H25N3O3. The summed E-state index contributed by atoms with van der Waals surface area (Å²) >= 11 is 0. The first-order valence-electron chi connectivity index (χ1n) is 16.8. The van der Waals surface area contributed by atoms with Crippen LogP contribution in [0, 0.1) is 0 Å². The van der Waals surface area contributed by atoms with Crippen LogP contribution in [-0.2, 0) is 0 Å². The van der Waals surface area contributed by atoms with Crippen LogP contribution in [0.25, 0.3) is 111 Å². The van der Waals surface area contributed by atoms with Crippen molar-refractivity contribution < 1.29 is 13.3 Å². The first-order chi connectivity index (χ1) is 25.2. The summed E-state index contributed by atoms with van der Waals surface area (Å²) in [7, 11) is 0. The molecule has 0 saturated carbocycles. The number of aromatic nitrogens is 3. The lowest BCUT2D eigenvalue weighted by Gasteiger charge is -2.08.